The first-order chi connectivity index (χ1) is 13.4. The Labute approximate surface area is 166 Å². The molecule has 0 radical (unpaired) electrons. The maximum atomic E-state index is 13.0. The van der Waals surface area contributed by atoms with E-state index in [-0.39, 0.29) is 11.3 Å². The van der Waals surface area contributed by atoms with Crippen molar-refractivity contribution in [3.8, 4) is 0 Å². The predicted molar refractivity (Wildman–Crippen MR) is 102 cm³/mol. The summed E-state index contributed by atoms with van der Waals surface area (Å²) in [5.41, 5.74) is 0.902. The van der Waals surface area contributed by atoms with E-state index >= 15 is 0 Å². The Morgan fingerprint density at radius 1 is 1.07 bits per heavy atom. The van der Waals surface area contributed by atoms with Crippen LogP contribution in [0.1, 0.15) is 61.4 Å². The van der Waals surface area contributed by atoms with E-state index in [1.807, 2.05) is 12.1 Å². The number of rotatable bonds is 2. The third-order valence-electron chi connectivity index (χ3n) is 5.35. The van der Waals surface area contributed by atoms with E-state index in [0.717, 1.165) is 17.3 Å². The van der Waals surface area contributed by atoms with Crippen LogP contribution in [0.15, 0.2) is 29.1 Å². The quantitative estimate of drug-likeness (QED) is 0.763. The molecule has 0 N–H and O–H groups in total. The van der Waals surface area contributed by atoms with Gasteiger partial charge < -0.3 is 4.90 Å². The van der Waals surface area contributed by atoms with Gasteiger partial charge in [0, 0.05) is 25.7 Å². The van der Waals surface area contributed by atoms with Gasteiger partial charge in [-0.1, -0.05) is 32.9 Å². The Hall–Kier alpha value is -2.58. The summed E-state index contributed by atoms with van der Waals surface area (Å²) in [7, 11) is 1.06. The highest BCUT2D eigenvalue weighted by molar-refractivity contribution is 5.94. The number of nitrogens with zero attached hydrogens (tertiary/aromatic N) is 4. The molecular formula is C20H25F3N4O2. The first kappa shape index (κ1) is 21.1. The molecule has 0 spiro atoms. The monoisotopic (exact) mass is 410 g/mol. The molecule has 3 rings (SSSR count). The van der Waals surface area contributed by atoms with Gasteiger partial charge in [0.2, 0.25) is 5.82 Å². The number of carbonyl (C=O) groups is 1. The molecule has 1 aromatic heterocycles. The predicted octanol–water partition coefficient (Wildman–Crippen LogP) is 3.38. The van der Waals surface area contributed by atoms with Crippen LogP contribution in [0.4, 0.5) is 13.2 Å². The molecule has 0 saturated carbocycles. The molecule has 6 nitrogen and oxygen atoms in total. The number of alkyl halides is 3. The lowest BCUT2D eigenvalue weighted by Crippen LogP contribution is -2.41. The van der Waals surface area contributed by atoms with Crippen molar-refractivity contribution in [3.63, 3.8) is 0 Å². The van der Waals surface area contributed by atoms with Crippen molar-refractivity contribution in [2.24, 2.45) is 7.05 Å². The van der Waals surface area contributed by atoms with Crippen molar-refractivity contribution in [2.45, 2.75) is 51.2 Å². The zero-order valence-corrected chi connectivity index (χ0v) is 17.0. The SMILES string of the molecule is Cn1c(C(F)(F)F)nn(C2CCN(C(=O)c3ccc(C(C)(C)C)cc3)CC2)c1=O. The van der Waals surface area contributed by atoms with Crippen LogP contribution in [-0.2, 0) is 18.6 Å². The molecule has 0 atom stereocenters. The third kappa shape index (κ3) is 4.23. The summed E-state index contributed by atoms with van der Waals surface area (Å²) in [6.45, 7) is 7.00. The maximum absolute atomic E-state index is 13.0. The van der Waals surface area contributed by atoms with Gasteiger partial charge in [-0.05, 0) is 36.0 Å². The van der Waals surface area contributed by atoms with Gasteiger partial charge in [0.15, 0.2) is 0 Å². The van der Waals surface area contributed by atoms with Crippen LogP contribution in [0.3, 0.4) is 0 Å². The molecule has 0 unspecified atom stereocenters. The highest BCUT2D eigenvalue weighted by atomic mass is 19.4. The van der Waals surface area contributed by atoms with Gasteiger partial charge in [-0.2, -0.15) is 13.2 Å². The van der Waals surface area contributed by atoms with E-state index < -0.39 is 23.7 Å². The Morgan fingerprint density at radius 2 is 1.62 bits per heavy atom. The molecule has 1 aliphatic rings. The number of hydrogen-bond donors (Lipinski definition) is 0. The Kier molecular flexibility index (Phi) is 5.36. The van der Waals surface area contributed by atoms with Gasteiger partial charge in [-0.25, -0.2) is 9.48 Å². The Balaban J connectivity index is 1.69. The van der Waals surface area contributed by atoms with Crippen LogP contribution >= 0.6 is 0 Å². The van der Waals surface area contributed by atoms with E-state index in [2.05, 4.69) is 25.9 Å². The fourth-order valence-corrected chi connectivity index (χ4v) is 3.55. The van der Waals surface area contributed by atoms with Gasteiger partial charge in [0.05, 0.1) is 6.04 Å². The molecule has 0 aliphatic carbocycles. The van der Waals surface area contributed by atoms with E-state index in [1.165, 1.54) is 0 Å². The Bertz CT molecular complexity index is 944. The molecule has 0 bridgehead atoms. The molecule has 1 aromatic carbocycles. The van der Waals surface area contributed by atoms with Crippen molar-refractivity contribution < 1.29 is 18.0 Å². The molecule has 1 fully saturated rings. The molecule has 1 saturated heterocycles. The minimum atomic E-state index is -4.69. The number of hydrogen-bond acceptors (Lipinski definition) is 3. The zero-order chi connectivity index (χ0) is 21.6. The van der Waals surface area contributed by atoms with Crippen LogP contribution in [0.25, 0.3) is 0 Å². The highest BCUT2D eigenvalue weighted by Crippen LogP contribution is 2.28. The maximum Gasteiger partial charge on any atom is 0.451 e. The highest BCUT2D eigenvalue weighted by Gasteiger charge is 2.39. The first-order valence-electron chi connectivity index (χ1n) is 9.52. The summed E-state index contributed by atoms with van der Waals surface area (Å²) in [5, 5.41) is 3.50. The fraction of sp³-hybridized carbons (Fsp3) is 0.550. The van der Waals surface area contributed by atoms with Gasteiger partial charge in [-0.15, -0.1) is 5.10 Å². The molecule has 2 heterocycles. The van der Waals surface area contributed by atoms with Crippen LogP contribution in [0.5, 0.6) is 0 Å². The lowest BCUT2D eigenvalue weighted by molar-refractivity contribution is -0.147. The summed E-state index contributed by atoms with van der Waals surface area (Å²) in [6.07, 6.45) is -3.94. The summed E-state index contributed by atoms with van der Waals surface area (Å²) >= 11 is 0. The average Bonchev–Trinajstić information content (AvgIpc) is 2.96. The number of piperidine rings is 1. The van der Waals surface area contributed by atoms with Crippen LogP contribution < -0.4 is 5.69 Å². The smallest absolute Gasteiger partial charge is 0.338 e. The summed E-state index contributed by atoms with van der Waals surface area (Å²) in [6, 6.07) is 7.01. The fourth-order valence-electron chi connectivity index (χ4n) is 3.55. The zero-order valence-electron chi connectivity index (χ0n) is 17.0. The number of amides is 1. The van der Waals surface area contributed by atoms with Crippen LogP contribution in [0.2, 0.25) is 0 Å². The molecule has 2 aromatic rings. The van der Waals surface area contributed by atoms with Crippen LogP contribution in [-0.4, -0.2) is 38.2 Å². The van der Waals surface area contributed by atoms with Gasteiger partial charge in [0.1, 0.15) is 0 Å². The van der Waals surface area contributed by atoms with E-state index in [9.17, 15) is 22.8 Å². The van der Waals surface area contributed by atoms with E-state index in [1.54, 1.807) is 17.0 Å². The van der Waals surface area contributed by atoms with E-state index in [4.69, 9.17) is 0 Å². The number of aromatic nitrogens is 3. The standard InChI is InChI=1S/C20H25F3N4O2/c1-19(2,3)14-7-5-13(6-8-14)16(28)26-11-9-15(10-12-26)27-18(29)25(4)17(24-27)20(21,22)23/h5-8,15H,9-12H2,1-4H3. The minimum absolute atomic E-state index is 0.00879. The molecule has 29 heavy (non-hydrogen) atoms. The van der Waals surface area contributed by atoms with E-state index in [0.29, 0.717) is 36.1 Å². The average molecular weight is 410 g/mol. The Morgan fingerprint density at radius 3 is 2.07 bits per heavy atom. The minimum Gasteiger partial charge on any atom is -0.338 e. The lowest BCUT2D eigenvalue weighted by atomic mass is 9.86. The van der Waals surface area contributed by atoms with Crippen molar-refractivity contribution in [2.75, 3.05) is 13.1 Å². The topological polar surface area (TPSA) is 60.1 Å². The van der Waals surface area contributed by atoms with Gasteiger partial charge in [-0.3, -0.25) is 9.36 Å². The summed E-state index contributed by atoms with van der Waals surface area (Å²) in [4.78, 5) is 26.6. The number of benzene rings is 1. The number of halogens is 3. The van der Waals surface area contributed by atoms with Gasteiger partial charge >= 0.3 is 11.9 Å². The molecule has 158 valence electrons. The van der Waals surface area contributed by atoms with Crippen molar-refractivity contribution in [3.05, 3.63) is 51.7 Å². The largest absolute Gasteiger partial charge is 0.451 e. The van der Waals surface area contributed by atoms with Crippen LogP contribution in [0, 0.1) is 0 Å². The first-order valence-corrected chi connectivity index (χ1v) is 9.52. The second-order valence-corrected chi connectivity index (χ2v) is 8.46. The second kappa shape index (κ2) is 7.35. The lowest BCUT2D eigenvalue weighted by Gasteiger charge is -2.31. The number of likely N-dealkylation sites (tertiary alicyclic amines) is 1. The third-order valence-corrected chi connectivity index (χ3v) is 5.35. The van der Waals surface area contributed by atoms with Crippen molar-refractivity contribution >= 4 is 5.91 Å². The molecular weight excluding hydrogens is 385 g/mol. The normalized spacial score (nSPS) is 16.3. The molecule has 1 aliphatic heterocycles. The second-order valence-electron chi connectivity index (χ2n) is 8.46. The number of carbonyl (C=O) groups excluding carboxylic acids is 1. The van der Waals surface area contributed by atoms with Gasteiger partial charge in [0.25, 0.3) is 5.91 Å². The van der Waals surface area contributed by atoms with Crippen molar-refractivity contribution in [1.29, 1.82) is 0 Å². The van der Waals surface area contributed by atoms with Crippen molar-refractivity contribution in [1.82, 2.24) is 19.2 Å². The summed E-state index contributed by atoms with van der Waals surface area (Å²) in [5.74, 6) is -1.33. The molecule has 9 heteroatoms. The molecule has 1 amide bonds. The summed E-state index contributed by atoms with van der Waals surface area (Å²) < 4.78 is 40.4.